The number of benzene rings is 1. The molecular formula is C21H27N3O5S. The first-order valence-electron chi connectivity index (χ1n) is 9.51. The number of aryl methyl sites for hydroxylation is 1. The van der Waals surface area contributed by atoms with Crippen LogP contribution < -0.4 is 20.7 Å². The van der Waals surface area contributed by atoms with Crippen molar-refractivity contribution in [1.82, 2.24) is 0 Å². The van der Waals surface area contributed by atoms with E-state index in [1.54, 1.807) is 43.2 Å². The van der Waals surface area contributed by atoms with Crippen molar-refractivity contribution in [3.05, 3.63) is 40.3 Å². The van der Waals surface area contributed by atoms with Crippen LogP contribution in [-0.4, -0.2) is 44.6 Å². The van der Waals surface area contributed by atoms with Crippen LogP contribution in [0, 0.1) is 13.8 Å². The van der Waals surface area contributed by atoms with Crippen molar-refractivity contribution in [2.75, 3.05) is 37.0 Å². The molecule has 0 bridgehead atoms. The van der Waals surface area contributed by atoms with Gasteiger partial charge < -0.3 is 25.4 Å². The maximum Gasteiger partial charge on any atom is 0.341 e. The minimum atomic E-state index is -0.463. The Kier molecular flexibility index (Phi) is 8.23. The summed E-state index contributed by atoms with van der Waals surface area (Å²) in [5.41, 5.74) is 7.19. The summed E-state index contributed by atoms with van der Waals surface area (Å²) >= 11 is 1.33. The third-order valence-electron chi connectivity index (χ3n) is 4.52. The highest BCUT2D eigenvalue weighted by molar-refractivity contribution is 7.16. The van der Waals surface area contributed by atoms with E-state index in [-0.39, 0.29) is 32.0 Å². The zero-order valence-corrected chi connectivity index (χ0v) is 18.4. The summed E-state index contributed by atoms with van der Waals surface area (Å²) in [6.07, 6.45) is 0.102. The molecule has 9 heteroatoms. The summed E-state index contributed by atoms with van der Waals surface area (Å²) in [5, 5.41) is 3.27. The standard InChI is InChI=1S/C21H27N3O5S/c1-5-29-21(27)19-13(2)14(3)30-20(19)23-18(26)12-24(11-10-17(22)25)15-6-8-16(28-4)9-7-15/h6-9H,5,10-12H2,1-4H3,(H2,22,25)(H,23,26). The van der Waals surface area contributed by atoms with Gasteiger partial charge in [0.15, 0.2) is 0 Å². The Bertz CT molecular complexity index is 908. The van der Waals surface area contributed by atoms with E-state index in [4.69, 9.17) is 15.2 Å². The van der Waals surface area contributed by atoms with Crippen LogP contribution in [0.5, 0.6) is 5.75 Å². The van der Waals surface area contributed by atoms with Crippen molar-refractivity contribution in [1.29, 1.82) is 0 Å². The molecule has 2 amide bonds. The molecule has 0 radical (unpaired) electrons. The number of methoxy groups -OCH3 is 1. The lowest BCUT2D eigenvalue weighted by Gasteiger charge is -2.24. The molecule has 8 nitrogen and oxygen atoms in total. The molecule has 0 spiro atoms. The summed E-state index contributed by atoms with van der Waals surface area (Å²) < 4.78 is 10.3. The van der Waals surface area contributed by atoms with Gasteiger partial charge in [-0.2, -0.15) is 0 Å². The summed E-state index contributed by atoms with van der Waals surface area (Å²) in [4.78, 5) is 39.0. The number of nitrogens with one attached hydrogen (secondary N) is 1. The maximum absolute atomic E-state index is 12.8. The number of nitrogens with zero attached hydrogens (tertiary/aromatic N) is 1. The number of carbonyl (C=O) groups is 3. The number of rotatable bonds is 10. The molecule has 0 saturated carbocycles. The van der Waals surface area contributed by atoms with Gasteiger partial charge in [0.05, 0.1) is 25.8 Å². The molecule has 1 aromatic carbocycles. The molecule has 0 fully saturated rings. The Morgan fingerprint density at radius 1 is 1.17 bits per heavy atom. The number of esters is 1. The third kappa shape index (κ3) is 5.96. The van der Waals surface area contributed by atoms with Gasteiger partial charge in [-0.1, -0.05) is 0 Å². The van der Waals surface area contributed by atoms with Crippen molar-refractivity contribution < 1.29 is 23.9 Å². The van der Waals surface area contributed by atoms with Crippen molar-refractivity contribution in [2.24, 2.45) is 5.73 Å². The average molecular weight is 434 g/mol. The highest BCUT2D eigenvalue weighted by Gasteiger charge is 2.23. The van der Waals surface area contributed by atoms with E-state index >= 15 is 0 Å². The average Bonchev–Trinajstić information content (AvgIpc) is 2.98. The summed E-state index contributed by atoms with van der Waals surface area (Å²) in [6, 6.07) is 7.15. The Hall–Kier alpha value is -3.07. The van der Waals surface area contributed by atoms with Gasteiger partial charge in [-0.15, -0.1) is 11.3 Å². The first-order chi connectivity index (χ1) is 14.3. The van der Waals surface area contributed by atoms with Crippen LogP contribution >= 0.6 is 11.3 Å². The molecule has 3 N–H and O–H groups in total. The Balaban J connectivity index is 2.20. The first kappa shape index (κ1) is 23.2. The minimum Gasteiger partial charge on any atom is -0.497 e. The maximum atomic E-state index is 12.8. The van der Waals surface area contributed by atoms with Crippen LogP contribution in [0.1, 0.15) is 34.1 Å². The van der Waals surface area contributed by atoms with Crippen molar-refractivity contribution >= 4 is 39.8 Å². The fraction of sp³-hybridized carbons (Fsp3) is 0.381. The summed E-state index contributed by atoms with van der Waals surface area (Å²) in [7, 11) is 1.57. The minimum absolute atomic E-state index is 0.0160. The first-order valence-corrected chi connectivity index (χ1v) is 10.3. The van der Waals surface area contributed by atoms with Crippen LogP contribution in [0.2, 0.25) is 0 Å². The van der Waals surface area contributed by atoms with E-state index in [2.05, 4.69) is 5.32 Å². The lowest BCUT2D eigenvalue weighted by atomic mass is 10.1. The highest BCUT2D eigenvalue weighted by atomic mass is 32.1. The Morgan fingerprint density at radius 3 is 2.40 bits per heavy atom. The number of hydrogen-bond donors (Lipinski definition) is 2. The lowest BCUT2D eigenvalue weighted by Crippen LogP contribution is -2.35. The summed E-state index contributed by atoms with van der Waals surface area (Å²) in [6.45, 7) is 5.95. The van der Waals surface area contributed by atoms with E-state index in [0.29, 0.717) is 16.3 Å². The molecule has 0 aliphatic rings. The predicted octanol–water partition coefficient (Wildman–Crippen LogP) is 2.87. The van der Waals surface area contributed by atoms with Gasteiger partial charge in [0.1, 0.15) is 10.8 Å². The zero-order chi connectivity index (χ0) is 22.3. The molecule has 0 saturated heterocycles. The van der Waals surface area contributed by atoms with Crippen LogP contribution in [0.3, 0.4) is 0 Å². The Morgan fingerprint density at radius 2 is 1.83 bits per heavy atom. The lowest BCUT2D eigenvalue weighted by molar-refractivity contribution is -0.118. The molecule has 2 aromatic rings. The van der Waals surface area contributed by atoms with Crippen molar-refractivity contribution in [3.63, 3.8) is 0 Å². The van der Waals surface area contributed by atoms with Gasteiger partial charge in [-0.3, -0.25) is 9.59 Å². The molecule has 0 unspecified atom stereocenters. The number of ether oxygens (including phenoxy) is 2. The topological polar surface area (TPSA) is 111 Å². The van der Waals surface area contributed by atoms with Crippen LogP contribution in [0.25, 0.3) is 0 Å². The molecule has 30 heavy (non-hydrogen) atoms. The van der Waals surface area contributed by atoms with Crippen LogP contribution in [-0.2, 0) is 14.3 Å². The molecule has 0 aliphatic carbocycles. The number of primary amides is 1. The molecule has 1 aromatic heterocycles. The predicted molar refractivity (Wildman–Crippen MR) is 117 cm³/mol. The second-order valence-electron chi connectivity index (χ2n) is 6.59. The number of thiophene rings is 1. The highest BCUT2D eigenvalue weighted by Crippen LogP contribution is 2.33. The number of amides is 2. The van der Waals surface area contributed by atoms with Gasteiger partial charge >= 0.3 is 5.97 Å². The molecule has 1 heterocycles. The smallest absolute Gasteiger partial charge is 0.341 e. The fourth-order valence-electron chi connectivity index (χ4n) is 2.84. The SMILES string of the molecule is CCOC(=O)c1c(NC(=O)CN(CCC(N)=O)c2ccc(OC)cc2)sc(C)c1C. The number of anilines is 2. The normalized spacial score (nSPS) is 10.4. The van der Waals surface area contributed by atoms with Crippen molar-refractivity contribution in [2.45, 2.75) is 27.2 Å². The second kappa shape index (κ2) is 10.6. The molecular weight excluding hydrogens is 406 g/mol. The fourth-order valence-corrected chi connectivity index (χ4v) is 3.91. The quantitative estimate of drug-likeness (QED) is 0.558. The number of carbonyl (C=O) groups excluding carboxylic acids is 3. The van der Waals surface area contributed by atoms with Crippen LogP contribution in [0.15, 0.2) is 24.3 Å². The van der Waals surface area contributed by atoms with E-state index in [9.17, 15) is 14.4 Å². The molecule has 0 atom stereocenters. The summed E-state index contributed by atoms with van der Waals surface area (Å²) in [5.74, 6) is -0.554. The largest absolute Gasteiger partial charge is 0.497 e. The van der Waals surface area contributed by atoms with E-state index in [0.717, 1.165) is 16.1 Å². The zero-order valence-electron chi connectivity index (χ0n) is 17.6. The number of nitrogens with two attached hydrogens (primary N) is 1. The molecule has 2 rings (SSSR count). The van der Waals surface area contributed by atoms with Gasteiger partial charge in [-0.25, -0.2) is 4.79 Å². The van der Waals surface area contributed by atoms with Crippen LogP contribution in [0.4, 0.5) is 10.7 Å². The van der Waals surface area contributed by atoms with E-state index < -0.39 is 11.9 Å². The molecule has 0 aliphatic heterocycles. The van der Waals surface area contributed by atoms with Crippen molar-refractivity contribution in [3.8, 4) is 5.75 Å². The second-order valence-corrected chi connectivity index (χ2v) is 7.82. The monoisotopic (exact) mass is 433 g/mol. The number of hydrogen-bond acceptors (Lipinski definition) is 7. The molecule has 162 valence electrons. The van der Waals surface area contributed by atoms with E-state index in [1.807, 2.05) is 13.8 Å². The van der Waals surface area contributed by atoms with E-state index in [1.165, 1.54) is 11.3 Å². The van der Waals surface area contributed by atoms with Gasteiger partial charge in [0, 0.05) is 23.5 Å². The van der Waals surface area contributed by atoms with Gasteiger partial charge in [0.2, 0.25) is 11.8 Å². The van der Waals surface area contributed by atoms with Gasteiger partial charge in [0.25, 0.3) is 0 Å². The Labute approximate surface area is 180 Å². The van der Waals surface area contributed by atoms with Gasteiger partial charge in [-0.05, 0) is 50.6 Å². The third-order valence-corrected chi connectivity index (χ3v) is 5.64.